The maximum atomic E-state index is 5.97. The van der Waals surface area contributed by atoms with Gasteiger partial charge in [0.1, 0.15) is 0 Å². The topological polar surface area (TPSA) is 43.2 Å². The molecule has 0 spiro atoms. The summed E-state index contributed by atoms with van der Waals surface area (Å²) in [6, 6.07) is 10.6. The number of nitrogens with zero attached hydrogens (tertiary/aromatic N) is 4. The minimum Gasteiger partial charge on any atom is -0.373 e. The highest BCUT2D eigenvalue weighted by atomic mass is 32.1. The molecule has 3 heterocycles. The standard InChI is InChI=1S/C18H22N4OS/c1-13-15-16(21(2)20-13)19-17(24-15)22-11-9-18(23-3,10-12-22)14-7-5-4-6-8-14/h4-8H,9-12H2,1-3H3. The minimum absolute atomic E-state index is 0.175. The van der Waals surface area contributed by atoms with Gasteiger partial charge in [-0.15, -0.1) is 0 Å². The lowest BCUT2D eigenvalue weighted by Crippen LogP contribution is -2.43. The van der Waals surface area contributed by atoms with E-state index < -0.39 is 0 Å². The first-order valence-electron chi connectivity index (χ1n) is 8.29. The molecule has 0 N–H and O–H groups in total. The summed E-state index contributed by atoms with van der Waals surface area (Å²) in [5, 5.41) is 5.53. The third-order valence-corrected chi connectivity index (χ3v) is 6.28. The second kappa shape index (κ2) is 5.86. The van der Waals surface area contributed by atoms with Crippen molar-refractivity contribution in [2.75, 3.05) is 25.1 Å². The molecule has 1 saturated heterocycles. The van der Waals surface area contributed by atoms with Crippen molar-refractivity contribution in [1.82, 2.24) is 14.8 Å². The fraction of sp³-hybridized carbons (Fsp3) is 0.444. The Morgan fingerprint density at radius 3 is 2.50 bits per heavy atom. The van der Waals surface area contributed by atoms with Crippen molar-refractivity contribution in [3.05, 3.63) is 41.6 Å². The highest BCUT2D eigenvalue weighted by Crippen LogP contribution is 2.39. The number of hydrogen-bond acceptors (Lipinski definition) is 5. The Bertz CT molecular complexity index is 812. The smallest absolute Gasteiger partial charge is 0.188 e. The number of methoxy groups -OCH3 is 1. The first-order chi connectivity index (χ1) is 11.6. The number of hydrogen-bond donors (Lipinski definition) is 0. The van der Waals surface area contributed by atoms with E-state index in [0.29, 0.717) is 0 Å². The highest BCUT2D eigenvalue weighted by Gasteiger charge is 2.37. The largest absolute Gasteiger partial charge is 0.373 e. The van der Waals surface area contributed by atoms with Gasteiger partial charge in [-0.05, 0) is 25.3 Å². The molecule has 0 saturated carbocycles. The average molecular weight is 342 g/mol. The fourth-order valence-corrected chi connectivity index (χ4v) is 4.70. The maximum absolute atomic E-state index is 5.97. The summed E-state index contributed by atoms with van der Waals surface area (Å²) in [7, 11) is 3.79. The van der Waals surface area contributed by atoms with Crippen molar-refractivity contribution in [2.24, 2.45) is 7.05 Å². The van der Waals surface area contributed by atoms with Crippen LogP contribution in [0.25, 0.3) is 10.3 Å². The molecular formula is C18H22N4OS. The third-order valence-electron chi connectivity index (χ3n) is 5.07. The Morgan fingerprint density at radius 1 is 1.17 bits per heavy atom. The lowest BCUT2D eigenvalue weighted by atomic mass is 9.84. The van der Waals surface area contributed by atoms with Gasteiger partial charge in [-0.3, -0.25) is 0 Å². The minimum atomic E-state index is -0.175. The van der Waals surface area contributed by atoms with Gasteiger partial charge in [0.05, 0.1) is 16.0 Å². The number of anilines is 1. The van der Waals surface area contributed by atoms with Gasteiger partial charge in [-0.1, -0.05) is 41.7 Å². The number of aromatic nitrogens is 3. The molecule has 0 amide bonds. The third kappa shape index (κ3) is 2.41. The lowest BCUT2D eigenvalue weighted by molar-refractivity contribution is -0.0346. The molecule has 6 heteroatoms. The Hall–Kier alpha value is -1.92. The molecule has 0 unspecified atom stereocenters. The normalized spacial score (nSPS) is 17.5. The predicted octanol–water partition coefficient (Wildman–Crippen LogP) is 3.48. The summed E-state index contributed by atoms with van der Waals surface area (Å²) in [6.45, 7) is 3.95. The van der Waals surface area contributed by atoms with E-state index >= 15 is 0 Å². The van der Waals surface area contributed by atoms with Crippen LogP contribution in [0.15, 0.2) is 30.3 Å². The molecule has 24 heavy (non-hydrogen) atoms. The van der Waals surface area contributed by atoms with Gasteiger partial charge in [0, 0.05) is 27.2 Å². The first kappa shape index (κ1) is 15.6. The van der Waals surface area contributed by atoms with E-state index in [2.05, 4.69) is 40.3 Å². The van der Waals surface area contributed by atoms with E-state index in [1.165, 1.54) is 10.3 Å². The van der Waals surface area contributed by atoms with Crippen LogP contribution in [0.3, 0.4) is 0 Å². The Balaban J connectivity index is 1.57. The maximum Gasteiger partial charge on any atom is 0.188 e. The number of piperidine rings is 1. The molecule has 1 aliphatic rings. The van der Waals surface area contributed by atoms with Crippen LogP contribution < -0.4 is 4.90 Å². The van der Waals surface area contributed by atoms with Crippen molar-refractivity contribution >= 4 is 26.8 Å². The number of rotatable bonds is 3. The monoisotopic (exact) mass is 342 g/mol. The first-order valence-corrected chi connectivity index (χ1v) is 9.10. The molecule has 1 aliphatic heterocycles. The summed E-state index contributed by atoms with van der Waals surface area (Å²) >= 11 is 1.75. The van der Waals surface area contributed by atoms with E-state index in [0.717, 1.165) is 42.4 Å². The van der Waals surface area contributed by atoms with Crippen molar-refractivity contribution in [2.45, 2.75) is 25.4 Å². The summed E-state index contributed by atoms with van der Waals surface area (Å²) < 4.78 is 9.04. The summed E-state index contributed by atoms with van der Waals surface area (Å²) in [5.74, 6) is 0. The van der Waals surface area contributed by atoms with E-state index in [9.17, 15) is 0 Å². The van der Waals surface area contributed by atoms with Crippen molar-refractivity contribution in [3.63, 3.8) is 0 Å². The zero-order valence-electron chi connectivity index (χ0n) is 14.3. The molecule has 5 nitrogen and oxygen atoms in total. The summed E-state index contributed by atoms with van der Waals surface area (Å²) in [6.07, 6.45) is 1.95. The average Bonchev–Trinajstić information content (AvgIpc) is 3.18. The second-order valence-electron chi connectivity index (χ2n) is 6.41. The molecular weight excluding hydrogens is 320 g/mol. The summed E-state index contributed by atoms with van der Waals surface area (Å²) in [5.41, 5.74) is 3.14. The van der Waals surface area contributed by atoms with Gasteiger partial charge >= 0.3 is 0 Å². The van der Waals surface area contributed by atoms with Crippen LogP contribution >= 0.6 is 11.3 Å². The molecule has 2 aromatic heterocycles. The van der Waals surface area contributed by atoms with Crippen LogP contribution in [0.2, 0.25) is 0 Å². The molecule has 1 fully saturated rings. The van der Waals surface area contributed by atoms with Crippen LogP contribution in [0.5, 0.6) is 0 Å². The second-order valence-corrected chi connectivity index (χ2v) is 7.39. The van der Waals surface area contributed by atoms with E-state index in [4.69, 9.17) is 9.72 Å². The van der Waals surface area contributed by atoms with Crippen LogP contribution in [0.1, 0.15) is 24.1 Å². The van der Waals surface area contributed by atoms with Crippen molar-refractivity contribution < 1.29 is 4.74 Å². The number of aryl methyl sites for hydroxylation is 2. The Kier molecular flexibility index (Phi) is 3.81. The van der Waals surface area contributed by atoms with Gasteiger partial charge in [0.25, 0.3) is 0 Å². The van der Waals surface area contributed by atoms with Crippen LogP contribution in [0.4, 0.5) is 5.13 Å². The van der Waals surface area contributed by atoms with E-state index in [1.807, 2.05) is 25.8 Å². The summed E-state index contributed by atoms with van der Waals surface area (Å²) in [4.78, 5) is 7.19. The molecule has 0 radical (unpaired) electrons. The van der Waals surface area contributed by atoms with Crippen molar-refractivity contribution in [1.29, 1.82) is 0 Å². The predicted molar refractivity (Wildman–Crippen MR) is 97.7 cm³/mol. The van der Waals surface area contributed by atoms with Gasteiger partial charge < -0.3 is 9.64 Å². The van der Waals surface area contributed by atoms with Gasteiger partial charge in [0.15, 0.2) is 10.8 Å². The zero-order valence-corrected chi connectivity index (χ0v) is 15.1. The molecule has 0 bridgehead atoms. The SMILES string of the molecule is COC1(c2ccccc2)CCN(c2nc3c(s2)c(C)nn3C)CC1. The zero-order chi connectivity index (χ0) is 16.7. The highest BCUT2D eigenvalue weighted by molar-refractivity contribution is 7.22. The molecule has 126 valence electrons. The van der Waals surface area contributed by atoms with Gasteiger partial charge in [-0.2, -0.15) is 5.10 Å². The Morgan fingerprint density at radius 2 is 1.88 bits per heavy atom. The molecule has 0 aliphatic carbocycles. The molecule has 1 aromatic carbocycles. The van der Waals surface area contributed by atoms with Crippen LogP contribution in [-0.2, 0) is 17.4 Å². The van der Waals surface area contributed by atoms with Gasteiger partial charge in [-0.25, -0.2) is 9.67 Å². The van der Waals surface area contributed by atoms with Crippen molar-refractivity contribution in [3.8, 4) is 0 Å². The van der Waals surface area contributed by atoms with Crippen LogP contribution in [0, 0.1) is 6.92 Å². The van der Waals surface area contributed by atoms with E-state index in [-0.39, 0.29) is 5.60 Å². The Labute approximate surface area is 145 Å². The quantitative estimate of drug-likeness (QED) is 0.731. The van der Waals surface area contributed by atoms with Gasteiger partial charge in [0.2, 0.25) is 0 Å². The fourth-order valence-electron chi connectivity index (χ4n) is 3.62. The van der Waals surface area contributed by atoms with Crippen LogP contribution in [-0.4, -0.2) is 35.0 Å². The molecule has 4 rings (SSSR count). The number of thiazole rings is 1. The number of fused-ring (bicyclic) bond motifs is 1. The number of ether oxygens (including phenoxy) is 1. The molecule has 3 aromatic rings. The lowest BCUT2D eigenvalue weighted by Gasteiger charge is -2.41. The molecule has 0 atom stereocenters. The number of benzene rings is 1. The van der Waals surface area contributed by atoms with E-state index in [1.54, 1.807) is 11.3 Å².